The summed E-state index contributed by atoms with van der Waals surface area (Å²) in [5.41, 5.74) is 5.35. The van der Waals surface area contributed by atoms with Crippen LogP contribution in [0, 0.1) is 5.82 Å². The minimum atomic E-state index is -0.325. The first-order chi connectivity index (χ1) is 17.0. The average Bonchev–Trinajstić information content (AvgIpc) is 3.56. The van der Waals surface area contributed by atoms with Crippen molar-refractivity contribution in [1.82, 2.24) is 38.7 Å². The number of benzene rings is 1. The average molecular weight is 532 g/mol. The van der Waals surface area contributed by atoms with Gasteiger partial charge >= 0.3 is 0 Å². The number of hydrogen-bond acceptors (Lipinski definition) is 6. The van der Waals surface area contributed by atoms with E-state index in [1.807, 2.05) is 53.5 Å². The molecule has 0 saturated heterocycles. The Morgan fingerprint density at radius 3 is 2.63 bits per heavy atom. The van der Waals surface area contributed by atoms with Crippen molar-refractivity contribution >= 4 is 38.7 Å². The molecule has 1 aromatic carbocycles. The summed E-state index contributed by atoms with van der Waals surface area (Å²) in [6.07, 6.45) is 10.0. The lowest BCUT2D eigenvalue weighted by Crippen LogP contribution is -2.00. The number of nitrogens with zero attached hydrogens (tertiary/aromatic N) is 8. The molecule has 174 valence electrons. The van der Waals surface area contributed by atoms with Crippen molar-refractivity contribution < 1.29 is 4.39 Å². The Morgan fingerprint density at radius 1 is 0.971 bits per heavy atom. The molecule has 0 aliphatic rings. The highest BCUT2D eigenvalue weighted by Crippen LogP contribution is 2.34. The highest BCUT2D eigenvalue weighted by atomic mass is 79.9. The zero-order valence-electron chi connectivity index (χ0n) is 18.8. The van der Waals surface area contributed by atoms with Crippen molar-refractivity contribution in [2.45, 2.75) is 13.3 Å². The predicted octanol–water partition coefficient (Wildman–Crippen LogP) is 5.05. The molecule has 0 radical (unpaired) electrons. The molecule has 0 aliphatic carbocycles. The van der Waals surface area contributed by atoms with Crippen LogP contribution in [0.1, 0.15) is 12.7 Å². The number of anilines is 2. The summed E-state index contributed by atoms with van der Waals surface area (Å²) in [7, 11) is 1.86. The molecule has 0 bridgehead atoms. The minimum Gasteiger partial charge on any atom is -0.339 e. The Kier molecular flexibility index (Phi) is 5.06. The molecule has 6 rings (SSSR count). The Hall–Kier alpha value is -4.12. The third-order valence-corrected chi connectivity index (χ3v) is 6.41. The molecular formula is C24H19BrFN9. The zero-order chi connectivity index (χ0) is 24.1. The molecular weight excluding hydrogens is 513 g/mol. The Labute approximate surface area is 207 Å². The van der Waals surface area contributed by atoms with Gasteiger partial charge in [-0.3, -0.25) is 18.5 Å². The first-order valence-corrected chi connectivity index (χ1v) is 11.7. The van der Waals surface area contributed by atoms with Gasteiger partial charge in [0.05, 0.1) is 23.8 Å². The lowest BCUT2D eigenvalue weighted by atomic mass is 10.2. The zero-order valence-corrected chi connectivity index (χ0v) is 20.4. The summed E-state index contributed by atoms with van der Waals surface area (Å²) in [5.74, 6) is 1.25. The van der Waals surface area contributed by atoms with Gasteiger partial charge in [-0.1, -0.05) is 6.92 Å². The summed E-state index contributed by atoms with van der Waals surface area (Å²) in [6.45, 7) is 2.04. The SMILES string of the molecule is CCc1nnc2ccc(-c3nc4cnc(-c5cnn(C)c5)cn4c3Nc3ccc(F)cc3Br)cn12. The van der Waals surface area contributed by atoms with E-state index in [9.17, 15) is 4.39 Å². The van der Waals surface area contributed by atoms with Gasteiger partial charge < -0.3 is 5.32 Å². The molecule has 0 amide bonds. The lowest BCUT2D eigenvalue weighted by Gasteiger charge is -2.11. The van der Waals surface area contributed by atoms with Crippen LogP contribution in [-0.4, -0.2) is 38.7 Å². The quantitative estimate of drug-likeness (QED) is 0.335. The van der Waals surface area contributed by atoms with Crippen LogP contribution in [0.15, 0.2) is 65.8 Å². The van der Waals surface area contributed by atoms with Gasteiger partial charge in [-0.25, -0.2) is 9.37 Å². The van der Waals surface area contributed by atoms with Gasteiger partial charge in [0.1, 0.15) is 23.2 Å². The van der Waals surface area contributed by atoms with E-state index in [-0.39, 0.29) is 5.82 Å². The number of fused-ring (bicyclic) bond motifs is 2. The summed E-state index contributed by atoms with van der Waals surface area (Å²) in [5, 5.41) is 16.2. The van der Waals surface area contributed by atoms with E-state index in [1.54, 1.807) is 23.1 Å². The highest BCUT2D eigenvalue weighted by molar-refractivity contribution is 9.10. The van der Waals surface area contributed by atoms with E-state index < -0.39 is 0 Å². The maximum Gasteiger partial charge on any atom is 0.160 e. The fourth-order valence-corrected chi connectivity index (χ4v) is 4.47. The maximum absolute atomic E-state index is 13.7. The second kappa shape index (κ2) is 8.27. The number of aromatic nitrogens is 8. The lowest BCUT2D eigenvalue weighted by molar-refractivity contribution is 0.627. The second-order valence-electron chi connectivity index (χ2n) is 8.08. The van der Waals surface area contributed by atoms with Crippen LogP contribution >= 0.6 is 15.9 Å². The number of rotatable bonds is 5. The van der Waals surface area contributed by atoms with Crippen molar-refractivity contribution in [1.29, 1.82) is 0 Å². The number of hydrogen-bond donors (Lipinski definition) is 1. The van der Waals surface area contributed by atoms with E-state index in [0.29, 0.717) is 27.3 Å². The summed E-state index contributed by atoms with van der Waals surface area (Å²) >= 11 is 3.46. The number of halogens is 2. The van der Waals surface area contributed by atoms with Gasteiger partial charge in [-0.15, -0.1) is 10.2 Å². The number of imidazole rings is 1. The smallest absolute Gasteiger partial charge is 0.160 e. The molecule has 1 N–H and O–H groups in total. The monoisotopic (exact) mass is 531 g/mol. The predicted molar refractivity (Wildman–Crippen MR) is 134 cm³/mol. The maximum atomic E-state index is 13.7. The first kappa shape index (κ1) is 21.4. The minimum absolute atomic E-state index is 0.325. The van der Waals surface area contributed by atoms with Crippen LogP contribution < -0.4 is 5.32 Å². The van der Waals surface area contributed by atoms with Crippen molar-refractivity contribution in [3.8, 4) is 22.5 Å². The topological polar surface area (TPSA) is 90.2 Å². The second-order valence-corrected chi connectivity index (χ2v) is 8.93. The fourth-order valence-electron chi connectivity index (χ4n) is 4.02. The van der Waals surface area contributed by atoms with Gasteiger partial charge in [0.15, 0.2) is 11.3 Å². The molecule has 0 aliphatic heterocycles. The molecule has 5 aromatic heterocycles. The van der Waals surface area contributed by atoms with Crippen LogP contribution in [0.2, 0.25) is 0 Å². The number of nitrogens with one attached hydrogen (secondary N) is 1. The molecule has 35 heavy (non-hydrogen) atoms. The van der Waals surface area contributed by atoms with E-state index in [2.05, 4.69) is 41.5 Å². The van der Waals surface area contributed by atoms with E-state index in [4.69, 9.17) is 4.98 Å². The van der Waals surface area contributed by atoms with Crippen LogP contribution in [0.25, 0.3) is 33.8 Å². The van der Waals surface area contributed by atoms with E-state index in [0.717, 1.165) is 34.7 Å². The molecule has 0 fully saturated rings. The van der Waals surface area contributed by atoms with Crippen LogP contribution in [-0.2, 0) is 13.5 Å². The van der Waals surface area contributed by atoms with Crippen LogP contribution in [0.5, 0.6) is 0 Å². The molecule has 11 heteroatoms. The molecule has 5 heterocycles. The van der Waals surface area contributed by atoms with Crippen LogP contribution in [0.4, 0.5) is 15.9 Å². The Bertz CT molecular complexity index is 1720. The Morgan fingerprint density at radius 2 is 1.86 bits per heavy atom. The molecule has 0 atom stereocenters. The van der Waals surface area contributed by atoms with Gasteiger partial charge in [-0.2, -0.15) is 5.10 Å². The fraction of sp³-hybridized carbons (Fsp3) is 0.125. The van der Waals surface area contributed by atoms with Crippen molar-refractivity contribution in [2.24, 2.45) is 7.05 Å². The molecule has 0 saturated carbocycles. The van der Waals surface area contributed by atoms with E-state index >= 15 is 0 Å². The van der Waals surface area contributed by atoms with E-state index in [1.165, 1.54) is 12.1 Å². The third kappa shape index (κ3) is 3.73. The van der Waals surface area contributed by atoms with Crippen molar-refractivity contribution in [3.05, 3.63) is 77.4 Å². The van der Waals surface area contributed by atoms with Crippen molar-refractivity contribution in [3.63, 3.8) is 0 Å². The number of pyridine rings is 1. The van der Waals surface area contributed by atoms with Gasteiger partial charge in [0, 0.05) is 47.7 Å². The molecule has 0 spiro atoms. The first-order valence-electron chi connectivity index (χ1n) is 10.9. The molecule has 0 unspecified atom stereocenters. The molecule has 6 aromatic rings. The van der Waals surface area contributed by atoms with Crippen LogP contribution in [0.3, 0.4) is 0 Å². The summed E-state index contributed by atoms with van der Waals surface area (Å²) < 4.78 is 20.0. The largest absolute Gasteiger partial charge is 0.339 e. The summed E-state index contributed by atoms with van der Waals surface area (Å²) in [6, 6.07) is 8.40. The van der Waals surface area contributed by atoms with Gasteiger partial charge in [0.2, 0.25) is 0 Å². The standard InChI is InChI=1S/C24H19BrFN9/c1-3-20-31-32-21-7-4-14(12-34(20)21)23-24(29-18-6-5-16(26)8-17(18)25)35-13-19(27-10-22(35)30-23)15-9-28-33(2)11-15/h4-13,29H,3H2,1-2H3. The normalized spacial score (nSPS) is 11.5. The Balaban J connectivity index is 1.57. The summed E-state index contributed by atoms with van der Waals surface area (Å²) in [4.78, 5) is 9.48. The highest BCUT2D eigenvalue weighted by Gasteiger charge is 2.18. The van der Waals surface area contributed by atoms with Gasteiger partial charge in [0.25, 0.3) is 0 Å². The third-order valence-electron chi connectivity index (χ3n) is 5.76. The number of aryl methyl sites for hydroxylation is 2. The van der Waals surface area contributed by atoms with Gasteiger partial charge in [-0.05, 0) is 46.3 Å². The van der Waals surface area contributed by atoms with Crippen molar-refractivity contribution in [2.75, 3.05) is 5.32 Å². The molecule has 9 nitrogen and oxygen atoms in total.